The van der Waals surface area contributed by atoms with Crippen molar-refractivity contribution in [3.63, 3.8) is 0 Å². The molecule has 20 heavy (non-hydrogen) atoms. The average Bonchev–Trinajstić information content (AvgIpc) is 2.79. The quantitative estimate of drug-likeness (QED) is 0.716. The van der Waals surface area contributed by atoms with Crippen LogP contribution in [0.3, 0.4) is 0 Å². The number of Topliss-reactive ketones (excluding diaryl/α,β-unsaturated/α-hetero) is 1. The lowest BCUT2D eigenvalue weighted by Crippen LogP contribution is -1.98. The Kier molecular flexibility index (Phi) is 3.24. The highest BCUT2D eigenvalue weighted by atomic mass is 32.1. The number of fused-ring (bicyclic) bond motifs is 1. The number of carbonyl (C=O) groups is 1. The van der Waals surface area contributed by atoms with Gasteiger partial charge in [0.25, 0.3) is 0 Å². The van der Waals surface area contributed by atoms with E-state index in [0.29, 0.717) is 5.56 Å². The molecule has 0 aliphatic carbocycles. The molecule has 1 N–H and O–H groups in total. The van der Waals surface area contributed by atoms with E-state index in [0.717, 1.165) is 16.4 Å². The van der Waals surface area contributed by atoms with Gasteiger partial charge in [0.2, 0.25) is 0 Å². The predicted molar refractivity (Wildman–Crippen MR) is 84.1 cm³/mol. The van der Waals surface area contributed by atoms with E-state index >= 15 is 0 Å². The monoisotopic (exact) mass is 282 g/mol. The number of nitrogens with one attached hydrogen (secondary N) is 1. The number of aromatic nitrogens is 1. The van der Waals surface area contributed by atoms with Crippen LogP contribution in [-0.4, -0.2) is 10.2 Å². The minimum absolute atomic E-state index is 0.0412. The molecule has 3 nitrogen and oxygen atoms in total. The molecule has 1 heterocycles. The van der Waals surface area contributed by atoms with Gasteiger partial charge in [0.1, 0.15) is 5.00 Å². The van der Waals surface area contributed by atoms with Gasteiger partial charge in [0, 0.05) is 5.69 Å². The van der Waals surface area contributed by atoms with Crippen molar-refractivity contribution in [3.05, 3.63) is 53.7 Å². The van der Waals surface area contributed by atoms with Crippen LogP contribution in [0.1, 0.15) is 23.0 Å². The molecule has 0 saturated heterocycles. The van der Waals surface area contributed by atoms with Crippen molar-refractivity contribution in [2.75, 3.05) is 5.32 Å². The first-order valence-electron chi connectivity index (χ1n) is 6.38. The van der Waals surface area contributed by atoms with Gasteiger partial charge in [-0.1, -0.05) is 30.3 Å². The second kappa shape index (κ2) is 5.06. The van der Waals surface area contributed by atoms with Gasteiger partial charge < -0.3 is 5.32 Å². The summed E-state index contributed by atoms with van der Waals surface area (Å²) in [6, 6.07) is 14.4. The van der Waals surface area contributed by atoms with Crippen LogP contribution in [0.25, 0.3) is 10.8 Å². The molecule has 100 valence electrons. The maximum atomic E-state index is 11.7. The topological polar surface area (TPSA) is 42.0 Å². The highest BCUT2D eigenvalue weighted by Gasteiger charge is 2.14. The molecule has 2 aromatic carbocycles. The van der Waals surface area contributed by atoms with Crippen molar-refractivity contribution in [1.82, 2.24) is 4.37 Å². The number of benzene rings is 2. The number of nitrogens with zero attached hydrogens (tertiary/aromatic N) is 1. The second-order valence-electron chi connectivity index (χ2n) is 4.72. The fraction of sp³-hybridized carbons (Fsp3) is 0.125. The molecule has 3 aromatic rings. The average molecular weight is 282 g/mol. The summed E-state index contributed by atoms with van der Waals surface area (Å²) in [6.45, 7) is 3.43. The van der Waals surface area contributed by atoms with E-state index in [2.05, 4.69) is 34.0 Å². The summed E-state index contributed by atoms with van der Waals surface area (Å²) >= 11 is 1.32. The van der Waals surface area contributed by atoms with E-state index < -0.39 is 0 Å². The van der Waals surface area contributed by atoms with Crippen LogP contribution in [-0.2, 0) is 0 Å². The van der Waals surface area contributed by atoms with Gasteiger partial charge >= 0.3 is 0 Å². The number of ketones is 1. The summed E-state index contributed by atoms with van der Waals surface area (Å²) < 4.78 is 4.25. The summed E-state index contributed by atoms with van der Waals surface area (Å²) in [4.78, 5) is 11.7. The van der Waals surface area contributed by atoms with Gasteiger partial charge in [-0.3, -0.25) is 4.79 Å². The first kappa shape index (κ1) is 12.8. The van der Waals surface area contributed by atoms with Crippen molar-refractivity contribution in [2.45, 2.75) is 13.8 Å². The fourth-order valence-electron chi connectivity index (χ4n) is 2.27. The lowest BCUT2D eigenvalue weighted by molar-refractivity contribution is 0.101. The Morgan fingerprint density at radius 1 is 1.15 bits per heavy atom. The SMILES string of the molecule is CC(=O)c1c(C)nsc1Nc1ccc2ccccc2c1. The fourth-order valence-corrected chi connectivity index (χ4v) is 3.13. The molecule has 0 saturated carbocycles. The summed E-state index contributed by atoms with van der Waals surface area (Å²) in [5, 5.41) is 6.48. The van der Waals surface area contributed by atoms with E-state index in [-0.39, 0.29) is 5.78 Å². The Balaban J connectivity index is 1.99. The number of anilines is 2. The predicted octanol–water partition coefficient (Wildman–Crippen LogP) is 4.55. The van der Waals surface area contributed by atoms with Crippen molar-refractivity contribution in [1.29, 1.82) is 0 Å². The molecule has 0 amide bonds. The Morgan fingerprint density at radius 2 is 1.90 bits per heavy atom. The Morgan fingerprint density at radius 3 is 2.65 bits per heavy atom. The molecule has 1 aromatic heterocycles. The maximum Gasteiger partial charge on any atom is 0.164 e. The van der Waals surface area contributed by atoms with E-state index in [1.807, 2.05) is 25.1 Å². The zero-order chi connectivity index (χ0) is 14.1. The molecule has 4 heteroatoms. The second-order valence-corrected chi connectivity index (χ2v) is 5.49. The number of hydrogen-bond donors (Lipinski definition) is 1. The molecular weight excluding hydrogens is 268 g/mol. The van der Waals surface area contributed by atoms with Crippen LogP contribution < -0.4 is 5.32 Å². The van der Waals surface area contributed by atoms with E-state index in [1.165, 1.54) is 22.3 Å². The normalized spacial score (nSPS) is 10.7. The van der Waals surface area contributed by atoms with Crippen molar-refractivity contribution in [2.24, 2.45) is 0 Å². The third kappa shape index (κ3) is 2.30. The Hall–Kier alpha value is -2.20. The molecule has 0 radical (unpaired) electrons. The molecule has 0 aliphatic rings. The first-order chi connectivity index (χ1) is 9.65. The van der Waals surface area contributed by atoms with Gasteiger partial charge in [-0.15, -0.1) is 0 Å². The molecule has 0 bridgehead atoms. The van der Waals surface area contributed by atoms with E-state index in [9.17, 15) is 4.79 Å². The summed E-state index contributed by atoms with van der Waals surface area (Å²) in [5.74, 6) is 0.0412. The highest BCUT2D eigenvalue weighted by Crippen LogP contribution is 2.29. The van der Waals surface area contributed by atoms with Gasteiger partial charge in [0.15, 0.2) is 5.78 Å². The minimum Gasteiger partial charge on any atom is -0.345 e. The van der Waals surface area contributed by atoms with Gasteiger partial charge in [-0.2, -0.15) is 4.37 Å². The van der Waals surface area contributed by atoms with Gasteiger partial charge in [0.05, 0.1) is 11.3 Å². The molecule has 0 fully saturated rings. The van der Waals surface area contributed by atoms with Gasteiger partial charge in [-0.25, -0.2) is 0 Å². The first-order valence-corrected chi connectivity index (χ1v) is 7.15. The number of hydrogen-bond acceptors (Lipinski definition) is 4. The standard InChI is InChI=1S/C16H14N2OS/c1-10-15(11(2)19)16(20-18-10)17-14-8-7-12-5-3-4-6-13(12)9-14/h3-9,17H,1-2H3. The van der Waals surface area contributed by atoms with E-state index in [4.69, 9.17) is 0 Å². The molecule has 0 unspecified atom stereocenters. The number of carbonyl (C=O) groups excluding carboxylic acids is 1. The Bertz CT molecular complexity index is 792. The van der Waals surface area contributed by atoms with Crippen LogP contribution in [0.4, 0.5) is 10.7 Å². The largest absolute Gasteiger partial charge is 0.345 e. The molecule has 0 spiro atoms. The zero-order valence-electron chi connectivity index (χ0n) is 11.3. The van der Waals surface area contributed by atoms with Crippen LogP contribution >= 0.6 is 11.5 Å². The van der Waals surface area contributed by atoms with Crippen molar-refractivity contribution >= 4 is 38.8 Å². The summed E-state index contributed by atoms with van der Waals surface area (Å²) in [7, 11) is 0. The smallest absolute Gasteiger partial charge is 0.164 e. The van der Waals surface area contributed by atoms with Crippen LogP contribution in [0.2, 0.25) is 0 Å². The summed E-state index contributed by atoms with van der Waals surface area (Å²) in [6.07, 6.45) is 0. The van der Waals surface area contributed by atoms with Crippen LogP contribution in [0.5, 0.6) is 0 Å². The van der Waals surface area contributed by atoms with E-state index in [1.54, 1.807) is 6.92 Å². The number of aryl methyl sites for hydroxylation is 1. The number of rotatable bonds is 3. The Labute approximate surface area is 121 Å². The highest BCUT2D eigenvalue weighted by molar-refractivity contribution is 7.10. The third-order valence-corrected chi connectivity index (χ3v) is 4.08. The lowest BCUT2D eigenvalue weighted by Gasteiger charge is -2.07. The minimum atomic E-state index is 0.0412. The van der Waals surface area contributed by atoms with Crippen LogP contribution in [0, 0.1) is 6.92 Å². The van der Waals surface area contributed by atoms with Gasteiger partial charge in [-0.05, 0) is 48.3 Å². The molecule has 0 aliphatic heterocycles. The zero-order valence-corrected chi connectivity index (χ0v) is 12.1. The van der Waals surface area contributed by atoms with Crippen LogP contribution in [0.15, 0.2) is 42.5 Å². The third-order valence-electron chi connectivity index (χ3n) is 3.22. The molecule has 3 rings (SSSR count). The summed E-state index contributed by atoms with van der Waals surface area (Å²) in [5.41, 5.74) is 2.43. The maximum absolute atomic E-state index is 11.7. The van der Waals surface area contributed by atoms with Crippen molar-refractivity contribution in [3.8, 4) is 0 Å². The lowest BCUT2D eigenvalue weighted by atomic mass is 10.1. The molecular formula is C16H14N2OS. The van der Waals surface area contributed by atoms with Crippen molar-refractivity contribution < 1.29 is 4.79 Å². The molecule has 0 atom stereocenters.